The highest BCUT2D eigenvalue weighted by molar-refractivity contribution is 7.17. The maximum Gasteiger partial charge on any atom is 0.263 e. The second kappa shape index (κ2) is 8.62. The zero-order valence-corrected chi connectivity index (χ0v) is 17.5. The van der Waals surface area contributed by atoms with Crippen LogP contribution < -0.4 is 10.3 Å². The van der Waals surface area contributed by atoms with Gasteiger partial charge in [0.15, 0.2) is 0 Å². The van der Waals surface area contributed by atoms with Crippen LogP contribution in [0.5, 0.6) is 5.75 Å². The van der Waals surface area contributed by atoms with Crippen LogP contribution in [0.3, 0.4) is 0 Å². The van der Waals surface area contributed by atoms with E-state index in [0.717, 1.165) is 40.1 Å². The third-order valence-corrected chi connectivity index (χ3v) is 5.87. The molecule has 0 bridgehead atoms. The summed E-state index contributed by atoms with van der Waals surface area (Å²) in [5.41, 5.74) is 4.32. The van der Waals surface area contributed by atoms with Crippen molar-refractivity contribution in [3.63, 3.8) is 0 Å². The Morgan fingerprint density at radius 2 is 1.72 bits per heavy atom. The van der Waals surface area contributed by atoms with Gasteiger partial charge in [-0.05, 0) is 41.7 Å². The van der Waals surface area contributed by atoms with Crippen LogP contribution in [0.15, 0.2) is 65.0 Å². The van der Waals surface area contributed by atoms with Crippen molar-refractivity contribution < 1.29 is 4.74 Å². The molecule has 0 amide bonds. The lowest BCUT2D eigenvalue weighted by Crippen LogP contribution is -2.21. The van der Waals surface area contributed by atoms with Gasteiger partial charge in [0.1, 0.15) is 10.6 Å². The number of benzene rings is 2. The summed E-state index contributed by atoms with van der Waals surface area (Å²) in [6, 6.07) is 16.3. The van der Waals surface area contributed by atoms with Gasteiger partial charge in [0.25, 0.3) is 5.56 Å². The van der Waals surface area contributed by atoms with Gasteiger partial charge in [-0.25, -0.2) is 4.98 Å². The minimum absolute atomic E-state index is 0.00266. The van der Waals surface area contributed by atoms with Crippen molar-refractivity contribution in [3.8, 4) is 16.9 Å². The molecule has 0 unspecified atom stereocenters. The Morgan fingerprint density at radius 1 is 1.00 bits per heavy atom. The van der Waals surface area contributed by atoms with Crippen LogP contribution in [-0.4, -0.2) is 16.2 Å². The molecule has 2 aromatic carbocycles. The van der Waals surface area contributed by atoms with E-state index in [-0.39, 0.29) is 5.56 Å². The molecule has 0 aliphatic rings. The fraction of sp³-hybridized carbons (Fsp3) is 0.250. The summed E-state index contributed by atoms with van der Waals surface area (Å²) in [7, 11) is 0. The maximum absolute atomic E-state index is 13.2. The van der Waals surface area contributed by atoms with Crippen molar-refractivity contribution in [3.05, 3.63) is 81.7 Å². The second-order valence-corrected chi connectivity index (χ2v) is 7.91. The van der Waals surface area contributed by atoms with Crippen molar-refractivity contribution in [2.75, 3.05) is 6.61 Å². The zero-order valence-electron chi connectivity index (χ0n) is 16.7. The van der Waals surface area contributed by atoms with Gasteiger partial charge < -0.3 is 4.74 Å². The molecule has 0 aliphatic heterocycles. The van der Waals surface area contributed by atoms with Gasteiger partial charge in [0.05, 0.1) is 24.9 Å². The summed E-state index contributed by atoms with van der Waals surface area (Å²) in [5.74, 6) is 0.848. The first kappa shape index (κ1) is 19.4. The van der Waals surface area contributed by atoms with Crippen LogP contribution in [0.2, 0.25) is 0 Å². The van der Waals surface area contributed by atoms with Crippen LogP contribution in [-0.2, 0) is 13.0 Å². The summed E-state index contributed by atoms with van der Waals surface area (Å²) in [5, 5.41) is 2.70. The first-order valence-electron chi connectivity index (χ1n) is 9.97. The van der Waals surface area contributed by atoms with Crippen molar-refractivity contribution >= 4 is 21.6 Å². The summed E-state index contributed by atoms with van der Waals surface area (Å²) in [6.07, 6.45) is 3.64. The number of ether oxygens (including phenoxy) is 1. The highest BCUT2D eigenvalue weighted by Gasteiger charge is 2.13. The molecular weight excluding hydrogens is 380 g/mol. The lowest BCUT2D eigenvalue weighted by molar-refractivity contribution is 0.317. The van der Waals surface area contributed by atoms with E-state index in [2.05, 4.69) is 43.1 Å². The highest BCUT2D eigenvalue weighted by Crippen LogP contribution is 2.31. The predicted octanol–water partition coefficient (Wildman–Crippen LogP) is 5.52. The third-order valence-electron chi connectivity index (χ3n) is 4.98. The standard InChI is InChI=1S/C24H24N2O2S/c1-3-13-28-20-11-9-19(10-12-20)21-15-29-23-22(21)24(27)26(16-25-23)14-18-7-5-17(4-2)6-8-18/h5-12,15-16H,3-4,13-14H2,1-2H3. The van der Waals surface area contributed by atoms with E-state index in [1.807, 2.05) is 29.6 Å². The van der Waals surface area contributed by atoms with Gasteiger partial charge in [-0.2, -0.15) is 0 Å². The Bertz CT molecular complexity index is 1160. The Hall–Kier alpha value is -2.92. The molecule has 2 aromatic heterocycles. The molecule has 0 saturated carbocycles. The van der Waals surface area contributed by atoms with Crippen LogP contribution in [0, 0.1) is 0 Å². The fourth-order valence-corrected chi connectivity index (χ4v) is 4.23. The first-order valence-corrected chi connectivity index (χ1v) is 10.8. The molecule has 0 aliphatic carbocycles. The number of aromatic nitrogens is 2. The Balaban J connectivity index is 1.67. The molecule has 2 heterocycles. The summed E-state index contributed by atoms with van der Waals surface area (Å²) >= 11 is 1.51. The highest BCUT2D eigenvalue weighted by atomic mass is 32.1. The average molecular weight is 405 g/mol. The molecule has 0 saturated heterocycles. The SMILES string of the molecule is CCCOc1ccc(-c2csc3ncn(Cc4ccc(CC)cc4)c(=O)c23)cc1. The van der Waals surface area contributed by atoms with E-state index < -0.39 is 0 Å². The summed E-state index contributed by atoms with van der Waals surface area (Å²) in [6.45, 7) is 5.44. The maximum atomic E-state index is 13.2. The minimum Gasteiger partial charge on any atom is -0.494 e. The lowest BCUT2D eigenvalue weighted by atomic mass is 10.1. The van der Waals surface area contributed by atoms with Gasteiger partial charge in [-0.15, -0.1) is 11.3 Å². The second-order valence-electron chi connectivity index (χ2n) is 7.05. The van der Waals surface area contributed by atoms with E-state index in [1.54, 1.807) is 10.9 Å². The zero-order chi connectivity index (χ0) is 20.2. The minimum atomic E-state index is -0.00266. The number of aryl methyl sites for hydroxylation is 1. The van der Waals surface area contributed by atoms with Gasteiger partial charge in [0.2, 0.25) is 0 Å². The molecule has 29 heavy (non-hydrogen) atoms. The van der Waals surface area contributed by atoms with E-state index in [0.29, 0.717) is 18.5 Å². The van der Waals surface area contributed by atoms with Gasteiger partial charge >= 0.3 is 0 Å². The Labute approximate surface area is 174 Å². The van der Waals surface area contributed by atoms with E-state index in [9.17, 15) is 4.79 Å². The lowest BCUT2D eigenvalue weighted by Gasteiger charge is -2.08. The Morgan fingerprint density at radius 3 is 2.41 bits per heavy atom. The van der Waals surface area contributed by atoms with Crippen molar-refractivity contribution in [1.82, 2.24) is 9.55 Å². The fourth-order valence-electron chi connectivity index (χ4n) is 3.32. The van der Waals surface area contributed by atoms with Crippen molar-refractivity contribution in [2.45, 2.75) is 33.2 Å². The molecule has 0 N–H and O–H groups in total. The van der Waals surface area contributed by atoms with Crippen LogP contribution in [0.25, 0.3) is 21.3 Å². The third kappa shape index (κ3) is 4.10. The molecule has 0 radical (unpaired) electrons. The van der Waals surface area contributed by atoms with Crippen LogP contribution in [0.1, 0.15) is 31.4 Å². The molecular formula is C24H24N2O2S. The summed E-state index contributed by atoms with van der Waals surface area (Å²) < 4.78 is 7.36. The van der Waals surface area contributed by atoms with Gasteiger partial charge in [0, 0.05) is 10.9 Å². The van der Waals surface area contributed by atoms with Gasteiger partial charge in [-0.3, -0.25) is 9.36 Å². The molecule has 4 nitrogen and oxygen atoms in total. The number of hydrogen-bond donors (Lipinski definition) is 0. The van der Waals surface area contributed by atoms with E-state index in [1.165, 1.54) is 16.9 Å². The predicted molar refractivity (Wildman–Crippen MR) is 120 cm³/mol. The quantitative estimate of drug-likeness (QED) is 0.407. The molecule has 0 fully saturated rings. The number of hydrogen-bond acceptors (Lipinski definition) is 4. The average Bonchev–Trinajstić information content (AvgIpc) is 3.20. The van der Waals surface area contributed by atoms with Crippen LogP contribution >= 0.6 is 11.3 Å². The molecule has 148 valence electrons. The topological polar surface area (TPSA) is 44.1 Å². The molecule has 0 atom stereocenters. The van der Waals surface area contributed by atoms with Crippen LogP contribution in [0.4, 0.5) is 0 Å². The number of thiophene rings is 1. The van der Waals surface area contributed by atoms with Crippen molar-refractivity contribution in [2.24, 2.45) is 0 Å². The number of rotatable bonds is 7. The monoisotopic (exact) mass is 404 g/mol. The smallest absolute Gasteiger partial charge is 0.263 e. The number of fused-ring (bicyclic) bond motifs is 1. The van der Waals surface area contributed by atoms with Crippen molar-refractivity contribution in [1.29, 1.82) is 0 Å². The molecule has 4 rings (SSSR count). The molecule has 4 aromatic rings. The van der Waals surface area contributed by atoms with E-state index >= 15 is 0 Å². The normalized spacial score (nSPS) is 11.1. The number of nitrogens with zero attached hydrogens (tertiary/aromatic N) is 2. The Kier molecular flexibility index (Phi) is 5.76. The van der Waals surface area contributed by atoms with Gasteiger partial charge in [-0.1, -0.05) is 50.2 Å². The molecule has 5 heteroatoms. The largest absolute Gasteiger partial charge is 0.494 e. The summed E-state index contributed by atoms with van der Waals surface area (Å²) in [4.78, 5) is 18.5. The molecule has 0 spiro atoms. The van der Waals surface area contributed by atoms with E-state index in [4.69, 9.17) is 4.74 Å². The first-order chi connectivity index (χ1) is 14.2.